The van der Waals surface area contributed by atoms with E-state index in [0.29, 0.717) is 10.1 Å². The van der Waals surface area contributed by atoms with Gasteiger partial charge < -0.3 is 0 Å². The minimum atomic E-state index is -0.458. The molecule has 52 valence electrons. The minimum absolute atomic E-state index is 0.336. The lowest BCUT2D eigenvalue weighted by molar-refractivity contribution is -0.131. The summed E-state index contributed by atoms with van der Waals surface area (Å²) in [5, 5.41) is 0. The summed E-state index contributed by atoms with van der Waals surface area (Å²) >= 11 is 2.97. The number of hydrogen-bond donors (Lipinski definition) is 0. The lowest BCUT2D eigenvalue weighted by Crippen LogP contribution is -2.17. The zero-order chi connectivity index (χ0) is 7.72. The van der Waals surface area contributed by atoms with Crippen molar-refractivity contribution in [3.8, 4) is 0 Å². The molecule has 0 unspecified atom stereocenters. The lowest BCUT2D eigenvalue weighted by atomic mass is 10.0. The first-order valence-corrected chi connectivity index (χ1v) is 3.55. The van der Waals surface area contributed by atoms with Crippen molar-refractivity contribution in [2.24, 2.45) is 0 Å². The Morgan fingerprint density at radius 2 is 1.80 bits per heavy atom. The lowest BCUT2D eigenvalue weighted by Gasteiger charge is -2.02. The van der Waals surface area contributed by atoms with Crippen LogP contribution in [0.2, 0.25) is 0 Å². The van der Waals surface area contributed by atoms with E-state index in [1.807, 2.05) is 0 Å². The fourth-order valence-electron chi connectivity index (χ4n) is 0.637. The van der Waals surface area contributed by atoms with E-state index in [-0.39, 0.29) is 0 Å². The molecule has 0 saturated heterocycles. The topological polar surface area (TPSA) is 34.1 Å². The Morgan fingerprint density at radius 3 is 2.30 bits per heavy atom. The number of halogens is 1. The van der Waals surface area contributed by atoms with Crippen molar-refractivity contribution in [1.29, 1.82) is 0 Å². The highest BCUT2D eigenvalue weighted by molar-refractivity contribution is 9.12. The molecule has 0 aromatic heterocycles. The van der Waals surface area contributed by atoms with E-state index in [4.69, 9.17) is 0 Å². The normalized spacial score (nSPS) is 18.6. The number of ketones is 2. The van der Waals surface area contributed by atoms with Gasteiger partial charge in [-0.25, -0.2) is 0 Å². The zero-order valence-electron chi connectivity index (χ0n) is 5.35. The summed E-state index contributed by atoms with van der Waals surface area (Å²) < 4.78 is 0.336. The van der Waals surface area contributed by atoms with Crippen LogP contribution in [0.5, 0.6) is 0 Å². The summed E-state index contributed by atoms with van der Waals surface area (Å²) in [5.41, 5.74) is 0.494. The monoisotopic (exact) mass is 200 g/mol. The van der Waals surface area contributed by atoms with Gasteiger partial charge in [-0.2, -0.15) is 0 Å². The van der Waals surface area contributed by atoms with Crippen molar-refractivity contribution in [2.75, 3.05) is 0 Å². The molecule has 2 nitrogen and oxygen atoms in total. The maximum atomic E-state index is 10.8. The highest BCUT2D eigenvalue weighted by atomic mass is 79.9. The molecule has 0 heterocycles. The standard InChI is InChI=1S/C7H5BrO2/c1-4-2-3-5(8)7(10)6(4)9/h2-3H,1H3. The van der Waals surface area contributed by atoms with Crippen LogP contribution >= 0.6 is 15.9 Å². The zero-order valence-corrected chi connectivity index (χ0v) is 6.94. The van der Waals surface area contributed by atoms with Gasteiger partial charge in [0.2, 0.25) is 11.6 Å². The largest absolute Gasteiger partial charge is 0.285 e. The second-order valence-electron chi connectivity index (χ2n) is 2.02. The number of allylic oxidation sites excluding steroid dienone is 4. The van der Waals surface area contributed by atoms with Crippen LogP contribution in [-0.2, 0) is 9.59 Å². The van der Waals surface area contributed by atoms with Crippen LogP contribution in [0.25, 0.3) is 0 Å². The Kier molecular flexibility index (Phi) is 1.85. The molecule has 0 atom stereocenters. The van der Waals surface area contributed by atoms with Crippen molar-refractivity contribution in [1.82, 2.24) is 0 Å². The van der Waals surface area contributed by atoms with Crippen molar-refractivity contribution < 1.29 is 9.59 Å². The molecule has 0 amide bonds. The summed E-state index contributed by atoms with van der Waals surface area (Å²) in [6.07, 6.45) is 3.20. The van der Waals surface area contributed by atoms with E-state index in [1.165, 1.54) is 0 Å². The van der Waals surface area contributed by atoms with Crippen LogP contribution < -0.4 is 0 Å². The van der Waals surface area contributed by atoms with E-state index < -0.39 is 11.6 Å². The van der Waals surface area contributed by atoms with Gasteiger partial charge in [0, 0.05) is 5.57 Å². The number of rotatable bonds is 0. The quantitative estimate of drug-likeness (QED) is 0.438. The molecule has 0 aliphatic heterocycles. The highest BCUT2D eigenvalue weighted by Gasteiger charge is 2.20. The SMILES string of the molecule is CC1=CC=C(Br)C(=O)C1=O. The van der Waals surface area contributed by atoms with E-state index in [0.717, 1.165) is 0 Å². The van der Waals surface area contributed by atoms with Gasteiger partial charge in [-0.15, -0.1) is 0 Å². The van der Waals surface area contributed by atoms with Crippen LogP contribution in [0.1, 0.15) is 6.92 Å². The molecule has 1 aliphatic rings. The van der Waals surface area contributed by atoms with E-state index in [2.05, 4.69) is 15.9 Å². The van der Waals surface area contributed by atoms with Gasteiger partial charge in [0.1, 0.15) is 0 Å². The number of carbonyl (C=O) groups is 2. The molecule has 3 heteroatoms. The van der Waals surface area contributed by atoms with Gasteiger partial charge in [-0.05, 0) is 28.9 Å². The number of carbonyl (C=O) groups excluding carboxylic acids is 2. The van der Waals surface area contributed by atoms with Crippen molar-refractivity contribution in [3.63, 3.8) is 0 Å². The first kappa shape index (κ1) is 7.41. The third-order valence-electron chi connectivity index (χ3n) is 1.26. The fourth-order valence-corrected chi connectivity index (χ4v) is 0.949. The third kappa shape index (κ3) is 1.09. The first-order valence-electron chi connectivity index (χ1n) is 2.76. The van der Waals surface area contributed by atoms with Crippen LogP contribution in [0, 0.1) is 0 Å². The third-order valence-corrected chi connectivity index (χ3v) is 1.89. The maximum Gasteiger partial charge on any atom is 0.240 e. The highest BCUT2D eigenvalue weighted by Crippen LogP contribution is 2.15. The van der Waals surface area contributed by atoms with Crippen LogP contribution in [0.3, 0.4) is 0 Å². The molecule has 10 heavy (non-hydrogen) atoms. The molecule has 0 N–H and O–H groups in total. The van der Waals surface area contributed by atoms with Gasteiger partial charge in [-0.1, -0.05) is 6.08 Å². The molecular formula is C7H5BrO2. The summed E-state index contributed by atoms with van der Waals surface area (Å²) in [6.45, 7) is 1.62. The molecule has 1 rings (SSSR count). The van der Waals surface area contributed by atoms with Crippen LogP contribution in [0.4, 0.5) is 0 Å². The minimum Gasteiger partial charge on any atom is -0.285 e. The number of hydrogen-bond acceptors (Lipinski definition) is 2. The summed E-state index contributed by atoms with van der Waals surface area (Å²) in [4.78, 5) is 21.7. The van der Waals surface area contributed by atoms with Crippen molar-refractivity contribution >= 4 is 27.5 Å². The Labute approximate surface area is 66.7 Å². The summed E-state index contributed by atoms with van der Waals surface area (Å²) in [7, 11) is 0. The average Bonchev–Trinajstić information content (AvgIpc) is 1.93. The van der Waals surface area contributed by atoms with Crippen LogP contribution in [0.15, 0.2) is 22.2 Å². The van der Waals surface area contributed by atoms with Gasteiger partial charge in [0.25, 0.3) is 0 Å². The Balaban J connectivity index is 3.09. The maximum absolute atomic E-state index is 10.8. The Morgan fingerprint density at radius 1 is 1.20 bits per heavy atom. The summed E-state index contributed by atoms with van der Waals surface area (Å²) in [5.74, 6) is -0.880. The van der Waals surface area contributed by atoms with E-state index in [1.54, 1.807) is 19.1 Å². The Bertz CT molecular complexity index is 225. The first-order chi connectivity index (χ1) is 4.63. The second-order valence-corrected chi connectivity index (χ2v) is 2.88. The predicted octanol–water partition coefficient (Wildman–Crippen LogP) is 1.36. The molecule has 1 aliphatic carbocycles. The molecule has 0 aromatic rings. The predicted molar refractivity (Wildman–Crippen MR) is 40.8 cm³/mol. The molecule has 0 fully saturated rings. The molecule has 0 aromatic carbocycles. The van der Waals surface area contributed by atoms with E-state index in [9.17, 15) is 9.59 Å². The van der Waals surface area contributed by atoms with E-state index >= 15 is 0 Å². The van der Waals surface area contributed by atoms with Gasteiger partial charge >= 0.3 is 0 Å². The average molecular weight is 201 g/mol. The fraction of sp³-hybridized carbons (Fsp3) is 0.143. The second kappa shape index (κ2) is 2.50. The molecule has 0 bridgehead atoms. The van der Waals surface area contributed by atoms with Gasteiger partial charge in [0.05, 0.1) is 4.48 Å². The molecular weight excluding hydrogens is 196 g/mol. The molecule has 0 spiro atoms. The molecule has 0 saturated carbocycles. The van der Waals surface area contributed by atoms with Crippen molar-refractivity contribution in [3.05, 3.63) is 22.2 Å². The van der Waals surface area contributed by atoms with Crippen molar-refractivity contribution in [2.45, 2.75) is 6.92 Å². The van der Waals surface area contributed by atoms with Crippen LogP contribution in [-0.4, -0.2) is 11.6 Å². The summed E-state index contributed by atoms with van der Waals surface area (Å²) in [6, 6.07) is 0. The Hall–Kier alpha value is -0.700. The smallest absolute Gasteiger partial charge is 0.240 e. The molecule has 0 radical (unpaired) electrons. The van der Waals surface area contributed by atoms with Gasteiger partial charge in [-0.3, -0.25) is 9.59 Å². The van der Waals surface area contributed by atoms with Gasteiger partial charge in [0.15, 0.2) is 0 Å². The number of Topliss-reactive ketones (excluding diaryl/α,β-unsaturated/α-hetero) is 2.